The molecule has 0 bridgehead atoms. The fraction of sp³-hybridized carbons (Fsp3) is 0.409. The quantitative estimate of drug-likeness (QED) is 0.645. The van der Waals surface area contributed by atoms with E-state index < -0.39 is 23.8 Å². The van der Waals surface area contributed by atoms with Crippen LogP contribution in [0.5, 0.6) is 0 Å². The number of hydrogen-bond donors (Lipinski definition) is 3. The Bertz CT molecular complexity index is 857. The van der Waals surface area contributed by atoms with Gasteiger partial charge in [0.15, 0.2) is 0 Å². The van der Waals surface area contributed by atoms with Crippen LogP contribution >= 0.6 is 0 Å². The highest BCUT2D eigenvalue weighted by atomic mass is 19.1. The van der Waals surface area contributed by atoms with E-state index in [1.54, 1.807) is 0 Å². The van der Waals surface area contributed by atoms with Crippen molar-refractivity contribution in [1.29, 1.82) is 0 Å². The van der Waals surface area contributed by atoms with E-state index in [4.69, 9.17) is 0 Å². The van der Waals surface area contributed by atoms with Crippen LogP contribution in [0.3, 0.4) is 0 Å². The van der Waals surface area contributed by atoms with Crippen molar-refractivity contribution >= 4 is 6.03 Å². The topological polar surface area (TPSA) is 67.8 Å². The molecule has 2 amide bonds. The summed E-state index contributed by atoms with van der Waals surface area (Å²) in [5, 5.41) is 15.4. The van der Waals surface area contributed by atoms with Crippen molar-refractivity contribution in [2.45, 2.75) is 19.2 Å². The molecule has 1 atom stereocenters. The lowest BCUT2D eigenvalue weighted by Gasteiger charge is -2.32. The monoisotopic (exact) mass is 418 g/mol. The fourth-order valence-electron chi connectivity index (χ4n) is 3.44. The van der Waals surface area contributed by atoms with Gasteiger partial charge in [-0.1, -0.05) is 30.3 Å². The fourth-order valence-corrected chi connectivity index (χ4v) is 3.44. The van der Waals surface area contributed by atoms with Gasteiger partial charge in [-0.2, -0.15) is 0 Å². The van der Waals surface area contributed by atoms with Crippen molar-refractivity contribution in [2.24, 2.45) is 0 Å². The molecule has 1 aliphatic heterocycles. The minimum absolute atomic E-state index is 0.0609. The maximum Gasteiger partial charge on any atom is 0.315 e. The molecule has 2 aromatic rings. The first kappa shape index (κ1) is 22.1. The van der Waals surface area contributed by atoms with Crippen LogP contribution < -0.4 is 10.6 Å². The van der Waals surface area contributed by atoms with Crippen molar-refractivity contribution in [3.05, 3.63) is 70.8 Å². The molecule has 1 fully saturated rings. The number of aliphatic hydroxyl groups excluding tert-OH is 1. The van der Waals surface area contributed by atoms with Gasteiger partial charge < -0.3 is 20.6 Å². The summed E-state index contributed by atoms with van der Waals surface area (Å²) in [6.07, 6.45) is -1.26. The summed E-state index contributed by atoms with van der Waals surface area (Å²) >= 11 is 0. The molecule has 8 heteroatoms. The molecular weight excluding hydrogens is 390 g/mol. The molecule has 0 saturated carbocycles. The Morgan fingerprint density at radius 1 is 1.07 bits per heavy atom. The number of nitrogens with one attached hydrogen (secondary N) is 2. The first-order valence-corrected chi connectivity index (χ1v) is 10.0. The molecule has 3 N–H and O–H groups in total. The molecule has 1 saturated heterocycles. The van der Waals surface area contributed by atoms with Gasteiger partial charge in [0.1, 0.15) is 11.6 Å². The third kappa shape index (κ3) is 6.22. The van der Waals surface area contributed by atoms with Gasteiger partial charge in [-0.25, -0.2) is 13.6 Å². The minimum atomic E-state index is -1.26. The number of piperazine rings is 1. The number of carbonyl (C=O) groups excluding carboxylic acids is 1. The van der Waals surface area contributed by atoms with Crippen molar-refractivity contribution in [1.82, 2.24) is 20.4 Å². The van der Waals surface area contributed by atoms with Crippen LogP contribution in [0.25, 0.3) is 0 Å². The van der Waals surface area contributed by atoms with Crippen LogP contribution in [0.2, 0.25) is 0 Å². The van der Waals surface area contributed by atoms with E-state index in [1.807, 2.05) is 18.2 Å². The Hall–Kier alpha value is -2.55. The number of aliphatic hydroxyl groups is 1. The largest absolute Gasteiger partial charge is 0.386 e. The molecular formula is C22H28F2N4O2. The molecule has 1 heterocycles. The molecule has 162 valence electrons. The van der Waals surface area contributed by atoms with Crippen LogP contribution in [0.15, 0.2) is 42.5 Å². The van der Waals surface area contributed by atoms with Crippen molar-refractivity contribution in [3.63, 3.8) is 0 Å². The number of likely N-dealkylation sites (N-methyl/N-ethyl adjacent to an activating group) is 1. The van der Waals surface area contributed by atoms with Crippen molar-refractivity contribution in [3.8, 4) is 0 Å². The van der Waals surface area contributed by atoms with Gasteiger partial charge in [0.05, 0.1) is 6.10 Å². The average Bonchev–Trinajstić information content (AvgIpc) is 2.73. The molecule has 2 aromatic carbocycles. The lowest BCUT2D eigenvalue weighted by molar-refractivity contribution is 0.148. The predicted octanol–water partition coefficient (Wildman–Crippen LogP) is 2.25. The van der Waals surface area contributed by atoms with Gasteiger partial charge in [-0.05, 0) is 24.2 Å². The predicted molar refractivity (Wildman–Crippen MR) is 111 cm³/mol. The molecule has 1 aliphatic rings. The van der Waals surface area contributed by atoms with Crippen LogP contribution in [-0.4, -0.2) is 60.7 Å². The highest BCUT2D eigenvalue weighted by Crippen LogP contribution is 2.17. The SMILES string of the molecule is CN1CCN(Cc2ccccc2CNC(=O)NC[C@@H](O)c2ccc(F)cc2F)CC1. The molecule has 0 aromatic heterocycles. The summed E-state index contributed by atoms with van der Waals surface area (Å²) in [6, 6.07) is 10.4. The Morgan fingerprint density at radius 3 is 2.47 bits per heavy atom. The number of nitrogens with zero attached hydrogens (tertiary/aromatic N) is 2. The Labute approximate surface area is 175 Å². The normalized spacial score (nSPS) is 16.3. The summed E-state index contributed by atoms with van der Waals surface area (Å²) < 4.78 is 26.7. The third-order valence-electron chi connectivity index (χ3n) is 5.33. The summed E-state index contributed by atoms with van der Waals surface area (Å²) in [6.45, 7) is 5.09. The second kappa shape index (κ2) is 10.5. The van der Waals surface area contributed by atoms with Gasteiger partial charge in [0, 0.05) is 57.4 Å². The molecule has 0 aliphatic carbocycles. The van der Waals surface area contributed by atoms with Crippen LogP contribution in [0.4, 0.5) is 13.6 Å². The first-order valence-electron chi connectivity index (χ1n) is 10.0. The van der Waals surface area contributed by atoms with Gasteiger partial charge in [0.2, 0.25) is 0 Å². The van der Waals surface area contributed by atoms with E-state index in [1.165, 1.54) is 6.07 Å². The summed E-state index contributed by atoms with van der Waals surface area (Å²) in [4.78, 5) is 16.8. The van der Waals surface area contributed by atoms with E-state index in [2.05, 4.69) is 33.5 Å². The molecule has 30 heavy (non-hydrogen) atoms. The van der Waals surface area contributed by atoms with Crippen molar-refractivity contribution < 1.29 is 18.7 Å². The van der Waals surface area contributed by atoms with E-state index in [9.17, 15) is 18.7 Å². The Balaban J connectivity index is 1.48. The molecule has 6 nitrogen and oxygen atoms in total. The second-order valence-corrected chi connectivity index (χ2v) is 7.59. The number of halogens is 2. The second-order valence-electron chi connectivity index (χ2n) is 7.59. The Kier molecular flexibility index (Phi) is 7.73. The first-order chi connectivity index (χ1) is 14.4. The van der Waals surface area contributed by atoms with E-state index in [-0.39, 0.29) is 12.1 Å². The number of amides is 2. The van der Waals surface area contributed by atoms with Gasteiger partial charge in [-0.3, -0.25) is 4.90 Å². The smallest absolute Gasteiger partial charge is 0.315 e. The standard InChI is InChI=1S/C22H28F2N4O2/c1-27-8-10-28(11-9-27)15-17-5-3-2-4-16(17)13-25-22(30)26-14-21(29)19-7-6-18(23)12-20(19)24/h2-7,12,21,29H,8-11,13-15H2,1H3,(H2,25,26,30)/t21-/m1/s1. The zero-order valence-electron chi connectivity index (χ0n) is 17.1. The number of rotatable bonds is 7. The third-order valence-corrected chi connectivity index (χ3v) is 5.33. The highest BCUT2D eigenvalue weighted by molar-refractivity contribution is 5.73. The molecule has 3 rings (SSSR count). The lowest BCUT2D eigenvalue weighted by atomic mass is 10.1. The van der Waals surface area contributed by atoms with Gasteiger partial charge in [0.25, 0.3) is 0 Å². The summed E-state index contributed by atoms with van der Waals surface area (Å²) in [5.74, 6) is -1.56. The summed E-state index contributed by atoms with van der Waals surface area (Å²) in [7, 11) is 2.12. The van der Waals surface area contributed by atoms with E-state index in [0.717, 1.165) is 49.9 Å². The van der Waals surface area contributed by atoms with Crippen LogP contribution in [-0.2, 0) is 13.1 Å². The van der Waals surface area contributed by atoms with Crippen LogP contribution in [0, 0.1) is 11.6 Å². The average molecular weight is 418 g/mol. The minimum Gasteiger partial charge on any atom is -0.386 e. The number of hydrogen-bond acceptors (Lipinski definition) is 4. The zero-order chi connectivity index (χ0) is 21.5. The lowest BCUT2D eigenvalue weighted by Crippen LogP contribution is -2.44. The maximum atomic E-state index is 13.7. The zero-order valence-corrected chi connectivity index (χ0v) is 17.1. The number of urea groups is 1. The van der Waals surface area contributed by atoms with Crippen molar-refractivity contribution in [2.75, 3.05) is 39.8 Å². The van der Waals surface area contributed by atoms with Gasteiger partial charge >= 0.3 is 6.03 Å². The molecule has 0 unspecified atom stereocenters. The number of carbonyl (C=O) groups is 1. The molecule has 0 radical (unpaired) electrons. The summed E-state index contributed by atoms with van der Waals surface area (Å²) in [5.41, 5.74) is 2.13. The molecule has 0 spiro atoms. The number of benzene rings is 2. The van der Waals surface area contributed by atoms with Crippen LogP contribution in [0.1, 0.15) is 22.8 Å². The van der Waals surface area contributed by atoms with E-state index >= 15 is 0 Å². The Morgan fingerprint density at radius 2 is 1.77 bits per heavy atom. The van der Waals surface area contributed by atoms with E-state index in [0.29, 0.717) is 12.6 Å². The maximum absolute atomic E-state index is 13.7. The van der Waals surface area contributed by atoms with Gasteiger partial charge in [-0.15, -0.1) is 0 Å². The highest BCUT2D eigenvalue weighted by Gasteiger charge is 2.16.